The minimum atomic E-state index is -0.243. The number of carbonyl (C=O) groups is 2. The fraction of sp³-hybridized carbons (Fsp3) is 0.607. The molecule has 3 rings (SSSR count). The van der Waals surface area contributed by atoms with Crippen molar-refractivity contribution in [3.63, 3.8) is 0 Å². The zero-order valence-electron chi connectivity index (χ0n) is 22.8. The van der Waals surface area contributed by atoms with Crippen LogP contribution in [0.2, 0.25) is 0 Å². The van der Waals surface area contributed by atoms with Gasteiger partial charge in [0.2, 0.25) is 5.91 Å². The number of hydrogen-bond acceptors (Lipinski definition) is 4. The van der Waals surface area contributed by atoms with Crippen LogP contribution in [-0.2, 0) is 10.2 Å². The first-order chi connectivity index (χ1) is 17.1. The second-order valence-corrected chi connectivity index (χ2v) is 11.2. The van der Waals surface area contributed by atoms with Crippen molar-refractivity contribution in [2.45, 2.75) is 84.6 Å². The molecule has 1 fully saturated rings. The van der Waals surface area contributed by atoms with Crippen molar-refractivity contribution in [1.29, 1.82) is 0 Å². The van der Waals surface area contributed by atoms with E-state index in [0.29, 0.717) is 18.3 Å². The molecule has 0 atom stereocenters. The lowest BCUT2D eigenvalue weighted by Crippen LogP contribution is -2.48. The summed E-state index contributed by atoms with van der Waals surface area (Å²) in [7, 11) is 1.63. The summed E-state index contributed by atoms with van der Waals surface area (Å²) in [6.07, 6.45) is 6.36. The van der Waals surface area contributed by atoms with Crippen LogP contribution >= 0.6 is 0 Å². The molecule has 2 aromatic rings. The Hall–Kier alpha value is -3.03. The molecule has 8 heteroatoms. The maximum atomic E-state index is 13.2. The van der Waals surface area contributed by atoms with Crippen LogP contribution in [0.5, 0.6) is 5.75 Å². The molecule has 0 saturated heterocycles. The van der Waals surface area contributed by atoms with Crippen molar-refractivity contribution in [3.8, 4) is 11.4 Å². The van der Waals surface area contributed by atoms with Gasteiger partial charge >= 0.3 is 6.03 Å². The van der Waals surface area contributed by atoms with Gasteiger partial charge in [-0.1, -0.05) is 53.9 Å². The van der Waals surface area contributed by atoms with E-state index in [-0.39, 0.29) is 29.9 Å². The van der Waals surface area contributed by atoms with Crippen molar-refractivity contribution in [1.82, 2.24) is 20.0 Å². The van der Waals surface area contributed by atoms with E-state index in [9.17, 15) is 9.59 Å². The standard InChI is InChI=1S/C28H43N5O3/c1-20(2)16-17-32(27(35)29-21-10-8-7-9-11-21)19-26(34)30-25-18-24(28(3,4)5)31-33(25)22-12-14-23(36-6)15-13-22/h12-15,18,20-21H,7-11,16-17,19H2,1-6H3,(H,29,35)(H,30,34). The normalized spacial score (nSPS) is 14.5. The molecule has 36 heavy (non-hydrogen) atoms. The maximum absolute atomic E-state index is 13.2. The number of nitrogens with one attached hydrogen (secondary N) is 2. The van der Waals surface area contributed by atoms with E-state index < -0.39 is 0 Å². The Morgan fingerprint density at radius 1 is 1.14 bits per heavy atom. The van der Waals surface area contributed by atoms with Gasteiger partial charge in [0.25, 0.3) is 0 Å². The monoisotopic (exact) mass is 497 g/mol. The van der Waals surface area contributed by atoms with Crippen molar-refractivity contribution >= 4 is 17.8 Å². The minimum absolute atomic E-state index is 0.0100. The molecule has 3 amide bonds. The Morgan fingerprint density at radius 3 is 2.39 bits per heavy atom. The van der Waals surface area contributed by atoms with Gasteiger partial charge in [-0.15, -0.1) is 0 Å². The van der Waals surface area contributed by atoms with E-state index in [2.05, 4.69) is 45.3 Å². The van der Waals surface area contributed by atoms with Gasteiger partial charge in [-0.05, 0) is 49.4 Å². The predicted octanol–water partition coefficient (Wildman–Crippen LogP) is 5.51. The highest BCUT2D eigenvalue weighted by atomic mass is 16.5. The average Bonchev–Trinajstić information content (AvgIpc) is 3.26. The maximum Gasteiger partial charge on any atom is 0.318 e. The Kier molecular flexibility index (Phi) is 9.40. The van der Waals surface area contributed by atoms with Crippen LogP contribution in [0.15, 0.2) is 30.3 Å². The summed E-state index contributed by atoms with van der Waals surface area (Å²) in [5, 5.41) is 11.0. The van der Waals surface area contributed by atoms with Crippen molar-refractivity contribution in [2.75, 3.05) is 25.5 Å². The zero-order valence-corrected chi connectivity index (χ0v) is 22.8. The number of aromatic nitrogens is 2. The lowest BCUT2D eigenvalue weighted by Gasteiger charge is -2.28. The minimum Gasteiger partial charge on any atom is -0.497 e. The highest BCUT2D eigenvalue weighted by Crippen LogP contribution is 2.27. The number of urea groups is 1. The summed E-state index contributed by atoms with van der Waals surface area (Å²) in [6, 6.07) is 9.48. The molecule has 1 aromatic carbocycles. The number of benzene rings is 1. The van der Waals surface area contributed by atoms with Crippen molar-refractivity contribution in [3.05, 3.63) is 36.0 Å². The van der Waals surface area contributed by atoms with Crippen LogP contribution in [0.1, 0.15) is 78.8 Å². The number of anilines is 1. The number of hydrogen-bond donors (Lipinski definition) is 2. The van der Waals surface area contributed by atoms with Gasteiger partial charge < -0.3 is 20.3 Å². The van der Waals surface area contributed by atoms with E-state index in [1.807, 2.05) is 30.3 Å². The molecule has 1 saturated carbocycles. The van der Waals surface area contributed by atoms with Crippen molar-refractivity contribution < 1.29 is 14.3 Å². The van der Waals surface area contributed by atoms with Crippen LogP contribution < -0.4 is 15.4 Å². The molecule has 0 radical (unpaired) electrons. The van der Waals surface area contributed by atoms with E-state index >= 15 is 0 Å². The highest BCUT2D eigenvalue weighted by Gasteiger charge is 2.24. The lowest BCUT2D eigenvalue weighted by atomic mass is 9.92. The molecule has 0 aliphatic heterocycles. The summed E-state index contributed by atoms with van der Waals surface area (Å²) < 4.78 is 7.01. The summed E-state index contributed by atoms with van der Waals surface area (Å²) in [5.74, 6) is 1.51. The summed E-state index contributed by atoms with van der Waals surface area (Å²) in [4.78, 5) is 28.0. The van der Waals surface area contributed by atoms with E-state index in [4.69, 9.17) is 9.84 Å². The lowest BCUT2D eigenvalue weighted by molar-refractivity contribution is -0.116. The summed E-state index contributed by atoms with van der Waals surface area (Å²) in [5.41, 5.74) is 1.48. The molecule has 8 nitrogen and oxygen atoms in total. The van der Waals surface area contributed by atoms with Crippen LogP contribution in [0, 0.1) is 5.92 Å². The fourth-order valence-corrected chi connectivity index (χ4v) is 4.29. The van der Waals surface area contributed by atoms with E-state index in [1.54, 1.807) is 16.7 Å². The molecule has 198 valence electrons. The first-order valence-corrected chi connectivity index (χ1v) is 13.2. The number of carbonyl (C=O) groups excluding carboxylic acids is 2. The zero-order chi connectivity index (χ0) is 26.3. The number of rotatable bonds is 9. The number of nitrogens with zero attached hydrogens (tertiary/aromatic N) is 3. The first kappa shape index (κ1) is 27.6. The summed E-state index contributed by atoms with van der Waals surface area (Å²) >= 11 is 0. The third-order valence-corrected chi connectivity index (χ3v) is 6.59. The molecule has 0 unspecified atom stereocenters. The number of ether oxygens (including phenoxy) is 1. The second-order valence-electron chi connectivity index (χ2n) is 11.2. The van der Waals surface area contributed by atoms with Crippen LogP contribution in [0.3, 0.4) is 0 Å². The van der Waals surface area contributed by atoms with Gasteiger partial charge in [0, 0.05) is 24.1 Å². The molecule has 0 spiro atoms. The first-order valence-electron chi connectivity index (χ1n) is 13.2. The predicted molar refractivity (Wildman–Crippen MR) is 144 cm³/mol. The van der Waals surface area contributed by atoms with E-state index in [0.717, 1.165) is 49.2 Å². The van der Waals surface area contributed by atoms with Gasteiger partial charge in [0.1, 0.15) is 18.1 Å². The average molecular weight is 498 g/mol. The summed E-state index contributed by atoms with van der Waals surface area (Å²) in [6.45, 7) is 11.0. The van der Waals surface area contributed by atoms with Crippen LogP contribution in [0.25, 0.3) is 5.69 Å². The Morgan fingerprint density at radius 2 is 1.81 bits per heavy atom. The molecule has 1 aliphatic rings. The van der Waals surface area contributed by atoms with Crippen LogP contribution in [-0.4, -0.2) is 52.9 Å². The molecular formula is C28H43N5O3. The van der Waals surface area contributed by atoms with Gasteiger partial charge in [0.15, 0.2) is 0 Å². The molecule has 1 aromatic heterocycles. The van der Waals surface area contributed by atoms with Gasteiger partial charge in [-0.3, -0.25) is 4.79 Å². The fourth-order valence-electron chi connectivity index (χ4n) is 4.29. The molecule has 0 bridgehead atoms. The molecule has 2 N–H and O–H groups in total. The third-order valence-electron chi connectivity index (χ3n) is 6.59. The van der Waals surface area contributed by atoms with E-state index in [1.165, 1.54) is 6.42 Å². The highest BCUT2D eigenvalue weighted by molar-refractivity contribution is 5.94. The van der Waals surface area contributed by atoms with Crippen molar-refractivity contribution in [2.24, 2.45) is 5.92 Å². The SMILES string of the molecule is COc1ccc(-n2nc(C(C)(C)C)cc2NC(=O)CN(CCC(C)C)C(=O)NC2CCCCC2)cc1. The second kappa shape index (κ2) is 12.3. The van der Waals surface area contributed by atoms with Gasteiger partial charge in [-0.25, -0.2) is 9.48 Å². The molecule has 1 aliphatic carbocycles. The van der Waals surface area contributed by atoms with Crippen LogP contribution in [0.4, 0.5) is 10.6 Å². The number of methoxy groups -OCH3 is 1. The van der Waals surface area contributed by atoms with Gasteiger partial charge in [0.05, 0.1) is 18.5 Å². The Bertz CT molecular complexity index is 1000. The Balaban J connectivity index is 1.77. The third kappa shape index (κ3) is 7.73. The largest absolute Gasteiger partial charge is 0.497 e. The van der Waals surface area contributed by atoms with Gasteiger partial charge in [-0.2, -0.15) is 5.10 Å². The molecular weight excluding hydrogens is 454 g/mol. The molecule has 1 heterocycles. The smallest absolute Gasteiger partial charge is 0.318 e. The quantitative estimate of drug-likeness (QED) is 0.478. The Labute approximate surface area is 215 Å². The number of amides is 3. The topological polar surface area (TPSA) is 88.5 Å².